The van der Waals surface area contributed by atoms with E-state index in [2.05, 4.69) is 28.1 Å². The summed E-state index contributed by atoms with van der Waals surface area (Å²) in [6.45, 7) is 0.533. The molecule has 0 saturated heterocycles. The quantitative estimate of drug-likeness (QED) is 0.438. The number of amides is 2. The Morgan fingerprint density at radius 2 is 1.69 bits per heavy atom. The largest absolute Gasteiger partial charge is 0.307 e. The third kappa shape index (κ3) is 4.11. The molecular weight excluding hydrogens is 428 g/mol. The van der Waals surface area contributed by atoms with Crippen molar-refractivity contribution in [3.63, 3.8) is 0 Å². The molecule has 1 aliphatic carbocycles. The predicted molar refractivity (Wildman–Crippen MR) is 120 cm³/mol. The molecule has 2 aromatic rings. The third-order valence-corrected chi connectivity index (χ3v) is 6.61. The van der Waals surface area contributed by atoms with Gasteiger partial charge in [0.1, 0.15) is 0 Å². The number of hydrogen-bond donors (Lipinski definition) is 0. The number of rotatable bonds is 6. The Labute approximate surface area is 181 Å². The van der Waals surface area contributed by atoms with Crippen molar-refractivity contribution in [1.29, 1.82) is 0 Å². The van der Waals surface area contributed by atoms with Crippen LogP contribution in [0.2, 0.25) is 0 Å². The van der Waals surface area contributed by atoms with Crippen LogP contribution in [-0.2, 0) is 16.1 Å². The molecule has 1 fully saturated rings. The number of unbranched alkanes of at least 4 members (excludes halogenated alkanes) is 1. The molecule has 4 rings (SSSR count). The van der Waals surface area contributed by atoms with Gasteiger partial charge in [-0.1, -0.05) is 64.8 Å². The average molecular weight is 455 g/mol. The highest BCUT2D eigenvalue weighted by molar-refractivity contribution is 9.09. The van der Waals surface area contributed by atoms with Gasteiger partial charge in [-0.15, -0.1) is 0 Å². The van der Waals surface area contributed by atoms with E-state index in [-0.39, 0.29) is 23.8 Å². The fraction of sp³-hybridized carbons (Fsp3) is 0.417. The van der Waals surface area contributed by atoms with Crippen molar-refractivity contribution in [2.24, 2.45) is 5.92 Å². The van der Waals surface area contributed by atoms with Crippen LogP contribution in [0.15, 0.2) is 54.6 Å². The highest BCUT2D eigenvalue weighted by atomic mass is 79.9. The summed E-state index contributed by atoms with van der Waals surface area (Å²) in [5.41, 5.74) is 2.84. The molecule has 1 saturated carbocycles. The van der Waals surface area contributed by atoms with Crippen molar-refractivity contribution in [2.75, 3.05) is 15.1 Å². The van der Waals surface area contributed by atoms with Gasteiger partial charge in [0.05, 0.1) is 23.8 Å². The normalized spacial score (nSPS) is 20.9. The lowest BCUT2D eigenvalue weighted by atomic mass is 10.00. The van der Waals surface area contributed by atoms with E-state index in [0.717, 1.165) is 54.4 Å². The zero-order valence-corrected chi connectivity index (χ0v) is 18.2. The zero-order valence-electron chi connectivity index (χ0n) is 16.6. The highest BCUT2D eigenvalue weighted by Crippen LogP contribution is 2.43. The SMILES string of the molecule is O=C1[C@H]2CCC[C@H]2N(C(=O)CCCCBr)c2ccccc2N1Cc1ccccc1. The molecule has 0 radical (unpaired) electrons. The number of fused-ring (bicyclic) bond motifs is 2. The Kier molecular flexibility index (Phi) is 6.34. The number of alkyl halides is 1. The monoisotopic (exact) mass is 454 g/mol. The van der Waals surface area contributed by atoms with Crippen LogP contribution in [0.1, 0.15) is 44.1 Å². The number of halogens is 1. The summed E-state index contributed by atoms with van der Waals surface area (Å²) in [4.78, 5) is 30.8. The molecule has 0 unspecified atom stereocenters. The smallest absolute Gasteiger partial charge is 0.232 e. The van der Waals surface area contributed by atoms with Crippen LogP contribution in [0.4, 0.5) is 11.4 Å². The summed E-state index contributed by atoms with van der Waals surface area (Å²) in [6.07, 6.45) is 5.11. The number of anilines is 2. The topological polar surface area (TPSA) is 40.6 Å². The number of benzene rings is 2. The summed E-state index contributed by atoms with van der Waals surface area (Å²) < 4.78 is 0. The highest BCUT2D eigenvalue weighted by Gasteiger charge is 2.45. The van der Waals surface area contributed by atoms with Gasteiger partial charge < -0.3 is 9.80 Å². The minimum atomic E-state index is -0.119. The summed E-state index contributed by atoms with van der Waals surface area (Å²) in [5.74, 6) is 0.176. The van der Waals surface area contributed by atoms with E-state index in [4.69, 9.17) is 0 Å². The number of para-hydroxylation sites is 2. The van der Waals surface area contributed by atoms with Crippen molar-refractivity contribution in [1.82, 2.24) is 0 Å². The Bertz CT molecular complexity index is 870. The van der Waals surface area contributed by atoms with Gasteiger partial charge in [-0.05, 0) is 43.4 Å². The van der Waals surface area contributed by atoms with Crippen LogP contribution in [0.25, 0.3) is 0 Å². The predicted octanol–water partition coefficient (Wildman–Crippen LogP) is 5.30. The van der Waals surface area contributed by atoms with E-state index in [0.29, 0.717) is 13.0 Å². The van der Waals surface area contributed by atoms with Crippen LogP contribution in [0.5, 0.6) is 0 Å². The molecule has 0 N–H and O–H groups in total. The second kappa shape index (κ2) is 9.12. The first kappa shape index (κ1) is 20.1. The molecule has 2 aromatic carbocycles. The lowest BCUT2D eigenvalue weighted by Crippen LogP contribution is -2.45. The van der Waals surface area contributed by atoms with E-state index in [9.17, 15) is 9.59 Å². The van der Waals surface area contributed by atoms with Gasteiger partial charge in [0, 0.05) is 17.8 Å². The van der Waals surface area contributed by atoms with Gasteiger partial charge in [0.15, 0.2) is 0 Å². The molecule has 2 aliphatic rings. The average Bonchev–Trinajstić information content (AvgIpc) is 3.19. The van der Waals surface area contributed by atoms with Crippen molar-refractivity contribution in [3.05, 3.63) is 60.2 Å². The summed E-state index contributed by atoms with van der Waals surface area (Å²) in [7, 11) is 0. The van der Waals surface area contributed by atoms with E-state index in [1.165, 1.54) is 0 Å². The third-order valence-electron chi connectivity index (χ3n) is 6.05. The standard InChI is InChI=1S/C24H27BrN2O2/c25-16-7-6-15-23(28)27-20-14-8-11-19(20)24(29)26(17-18-9-2-1-3-10-18)21-12-4-5-13-22(21)27/h1-5,9-10,12-13,19-20H,6-8,11,14-17H2/t19-,20+/m0/s1. The first-order valence-corrected chi connectivity index (χ1v) is 11.6. The minimum Gasteiger partial charge on any atom is -0.307 e. The fourth-order valence-corrected chi connectivity index (χ4v) is 5.07. The number of nitrogens with zero attached hydrogens (tertiary/aromatic N) is 2. The van der Waals surface area contributed by atoms with Gasteiger partial charge in [0.25, 0.3) is 0 Å². The molecule has 1 heterocycles. The first-order valence-electron chi connectivity index (χ1n) is 10.5. The molecule has 29 heavy (non-hydrogen) atoms. The summed E-state index contributed by atoms with van der Waals surface area (Å²) >= 11 is 3.45. The maximum absolute atomic E-state index is 13.6. The Morgan fingerprint density at radius 3 is 2.45 bits per heavy atom. The Morgan fingerprint density at radius 1 is 0.966 bits per heavy atom. The Balaban J connectivity index is 1.73. The molecular formula is C24H27BrN2O2. The van der Waals surface area contributed by atoms with Crippen molar-refractivity contribution in [2.45, 2.75) is 51.1 Å². The molecule has 152 valence electrons. The Hall–Kier alpha value is -2.14. The number of hydrogen-bond acceptors (Lipinski definition) is 2. The van der Waals surface area contributed by atoms with Crippen LogP contribution >= 0.6 is 15.9 Å². The van der Waals surface area contributed by atoms with Crippen LogP contribution in [0, 0.1) is 5.92 Å². The number of carbonyl (C=O) groups excluding carboxylic acids is 2. The van der Waals surface area contributed by atoms with Gasteiger partial charge in [-0.2, -0.15) is 0 Å². The van der Waals surface area contributed by atoms with E-state index < -0.39 is 0 Å². The van der Waals surface area contributed by atoms with Crippen LogP contribution in [0.3, 0.4) is 0 Å². The van der Waals surface area contributed by atoms with Gasteiger partial charge in [-0.25, -0.2) is 0 Å². The minimum absolute atomic E-state index is 0.0270. The lowest BCUT2D eigenvalue weighted by molar-refractivity contribution is -0.123. The molecule has 0 aromatic heterocycles. The molecule has 4 nitrogen and oxygen atoms in total. The number of carbonyl (C=O) groups is 2. The molecule has 2 atom stereocenters. The van der Waals surface area contributed by atoms with Gasteiger partial charge >= 0.3 is 0 Å². The van der Waals surface area contributed by atoms with Crippen LogP contribution < -0.4 is 9.80 Å². The zero-order chi connectivity index (χ0) is 20.2. The second-order valence-electron chi connectivity index (χ2n) is 7.91. The van der Waals surface area contributed by atoms with E-state index >= 15 is 0 Å². The maximum atomic E-state index is 13.6. The second-order valence-corrected chi connectivity index (χ2v) is 8.71. The first-order chi connectivity index (χ1) is 14.2. The molecule has 1 aliphatic heterocycles. The lowest BCUT2D eigenvalue weighted by Gasteiger charge is -2.30. The van der Waals surface area contributed by atoms with E-state index in [1.54, 1.807) is 0 Å². The molecule has 0 bridgehead atoms. The fourth-order valence-electron chi connectivity index (χ4n) is 4.67. The molecule has 0 spiro atoms. The maximum Gasteiger partial charge on any atom is 0.232 e. The van der Waals surface area contributed by atoms with Crippen molar-refractivity contribution in [3.8, 4) is 0 Å². The summed E-state index contributed by atoms with van der Waals surface area (Å²) in [6, 6.07) is 18.0. The summed E-state index contributed by atoms with van der Waals surface area (Å²) in [5, 5.41) is 0.909. The molecule has 5 heteroatoms. The van der Waals surface area contributed by atoms with E-state index in [1.807, 2.05) is 52.3 Å². The van der Waals surface area contributed by atoms with Crippen molar-refractivity contribution >= 4 is 39.1 Å². The van der Waals surface area contributed by atoms with Crippen molar-refractivity contribution < 1.29 is 9.59 Å². The van der Waals surface area contributed by atoms with Gasteiger partial charge in [-0.3, -0.25) is 9.59 Å². The van der Waals surface area contributed by atoms with Gasteiger partial charge in [0.2, 0.25) is 11.8 Å². The van der Waals surface area contributed by atoms with Crippen LogP contribution in [-0.4, -0.2) is 23.2 Å². The molecule has 2 amide bonds.